The summed E-state index contributed by atoms with van der Waals surface area (Å²) in [6.07, 6.45) is 6.94. The molecule has 21 heavy (non-hydrogen) atoms. The first-order chi connectivity index (χ1) is 10.3. The Balaban J connectivity index is 1.48. The van der Waals surface area contributed by atoms with E-state index in [2.05, 4.69) is 0 Å². The van der Waals surface area contributed by atoms with Gasteiger partial charge in [-0.15, -0.1) is 0 Å². The number of carbonyl (C=O) groups excluding carboxylic acids is 1. The van der Waals surface area contributed by atoms with E-state index in [1.165, 1.54) is 45.2 Å². The van der Waals surface area contributed by atoms with Crippen LogP contribution in [0.4, 0.5) is 0 Å². The Kier molecular flexibility index (Phi) is 4.91. The van der Waals surface area contributed by atoms with Gasteiger partial charge in [-0.3, -0.25) is 4.79 Å². The molecule has 0 bridgehead atoms. The zero-order chi connectivity index (χ0) is 14.5. The number of hydrogen-bond acceptors (Lipinski definition) is 2. The van der Waals surface area contributed by atoms with Gasteiger partial charge in [-0.05, 0) is 37.7 Å². The van der Waals surface area contributed by atoms with Gasteiger partial charge in [0.15, 0.2) is 0 Å². The van der Waals surface area contributed by atoms with Crippen molar-refractivity contribution in [2.24, 2.45) is 5.92 Å². The van der Waals surface area contributed by atoms with Gasteiger partial charge in [0.2, 0.25) is 0 Å². The van der Waals surface area contributed by atoms with Gasteiger partial charge < -0.3 is 9.64 Å². The second kappa shape index (κ2) is 7.08. The second-order valence-corrected chi connectivity index (χ2v) is 6.51. The summed E-state index contributed by atoms with van der Waals surface area (Å²) in [7, 11) is 0. The fraction of sp³-hybridized carbons (Fsp3) is 0.611. The normalized spacial score (nSPS) is 28.7. The average Bonchev–Trinajstić information content (AvgIpc) is 2.54. The molecule has 0 spiro atoms. The first kappa shape index (κ1) is 14.6. The van der Waals surface area contributed by atoms with Gasteiger partial charge in [0.1, 0.15) is 0 Å². The highest BCUT2D eigenvalue weighted by Gasteiger charge is 2.37. The molecule has 2 fully saturated rings. The molecule has 1 unspecified atom stereocenters. The van der Waals surface area contributed by atoms with Crippen LogP contribution < -0.4 is 4.90 Å². The van der Waals surface area contributed by atoms with Crippen molar-refractivity contribution in [3.8, 4) is 0 Å². The number of esters is 1. The minimum atomic E-state index is -0.0795. The number of hydrogen-bond donors (Lipinski definition) is 1. The molecule has 3 nitrogen and oxygen atoms in total. The molecule has 0 aromatic heterocycles. The van der Waals surface area contributed by atoms with E-state index in [1.807, 2.05) is 30.3 Å². The van der Waals surface area contributed by atoms with E-state index in [0.717, 1.165) is 11.6 Å². The lowest BCUT2D eigenvalue weighted by Crippen LogP contribution is -3.18. The smallest absolute Gasteiger partial charge is 0.310 e. The second-order valence-electron chi connectivity index (χ2n) is 6.51. The van der Waals surface area contributed by atoms with Gasteiger partial charge in [-0.25, -0.2) is 0 Å². The molecular formula is C18H26NO2+. The van der Waals surface area contributed by atoms with Crippen molar-refractivity contribution in [3.63, 3.8) is 0 Å². The van der Waals surface area contributed by atoms with Crippen molar-refractivity contribution in [1.29, 1.82) is 0 Å². The van der Waals surface area contributed by atoms with E-state index in [9.17, 15) is 4.79 Å². The van der Waals surface area contributed by atoms with Crippen molar-refractivity contribution in [3.05, 3.63) is 35.9 Å². The number of fused-ring (bicyclic) bond motifs is 1. The molecule has 0 radical (unpaired) electrons. The summed E-state index contributed by atoms with van der Waals surface area (Å²) in [6.45, 7) is 3.26. The predicted molar refractivity (Wildman–Crippen MR) is 82.2 cm³/mol. The third-order valence-electron chi connectivity index (χ3n) is 5.08. The van der Waals surface area contributed by atoms with Crippen LogP contribution in [0.1, 0.15) is 37.7 Å². The standard InChI is InChI=1S/C18H25NO2/c20-18(13-15-7-2-1-3-8-15)21-14-16-9-6-12-19-11-5-4-10-17(16)19/h1-3,7-8,16-17H,4-6,9-14H2/p+1/t16-,17-/m0/s1. The number of ether oxygens (including phenoxy) is 1. The quantitative estimate of drug-likeness (QED) is 0.854. The van der Waals surface area contributed by atoms with Gasteiger partial charge >= 0.3 is 5.97 Å². The molecule has 1 aromatic carbocycles. The van der Waals surface area contributed by atoms with Crippen molar-refractivity contribution < 1.29 is 14.4 Å². The number of nitrogens with one attached hydrogen (secondary N) is 1. The maximum atomic E-state index is 12.0. The Morgan fingerprint density at radius 2 is 1.90 bits per heavy atom. The summed E-state index contributed by atoms with van der Waals surface area (Å²) in [4.78, 5) is 13.7. The monoisotopic (exact) mass is 288 g/mol. The molecule has 2 saturated heterocycles. The lowest BCUT2D eigenvalue weighted by molar-refractivity contribution is -0.940. The fourth-order valence-corrected chi connectivity index (χ4v) is 3.99. The number of piperidine rings is 2. The minimum Gasteiger partial charge on any atom is -0.465 e. The van der Waals surface area contributed by atoms with Gasteiger partial charge in [0.25, 0.3) is 0 Å². The van der Waals surface area contributed by atoms with Crippen molar-refractivity contribution in [1.82, 2.24) is 0 Å². The maximum absolute atomic E-state index is 12.0. The predicted octanol–water partition coefficient (Wildman–Crippen LogP) is 1.62. The average molecular weight is 288 g/mol. The van der Waals surface area contributed by atoms with Crippen LogP contribution in [-0.4, -0.2) is 31.7 Å². The number of benzene rings is 1. The molecule has 1 aromatic rings. The zero-order valence-electron chi connectivity index (χ0n) is 12.7. The number of rotatable bonds is 4. The van der Waals surface area contributed by atoms with Crippen LogP contribution in [0.3, 0.4) is 0 Å². The van der Waals surface area contributed by atoms with Crippen LogP contribution in [0.2, 0.25) is 0 Å². The van der Waals surface area contributed by atoms with Crippen molar-refractivity contribution in [2.75, 3.05) is 19.7 Å². The molecule has 0 saturated carbocycles. The van der Waals surface area contributed by atoms with E-state index in [1.54, 1.807) is 4.90 Å². The Bertz CT molecular complexity index is 458. The molecule has 2 aliphatic heterocycles. The number of quaternary nitrogens is 1. The molecular weight excluding hydrogens is 262 g/mol. The lowest BCUT2D eigenvalue weighted by atomic mass is 9.84. The summed E-state index contributed by atoms with van der Waals surface area (Å²) >= 11 is 0. The third-order valence-corrected chi connectivity index (χ3v) is 5.08. The van der Waals surface area contributed by atoms with E-state index < -0.39 is 0 Å². The number of carbonyl (C=O) groups is 1. The summed E-state index contributed by atoms with van der Waals surface area (Å²) in [5, 5.41) is 0. The highest BCUT2D eigenvalue weighted by Crippen LogP contribution is 2.20. The summed E-state index contributed by atoms with van der Waals surface area (Å²) < 4.78 is 5.58. The first-order valence-electron chi connectivity index (χ1n) is 8.37. The summed E-state index contributed by atoms with van der Waals surface area (Å²) in [5.41, 5.74) is 1.04. The van der Waals surface area contributed by atoms with Gasteiger partial charge in [0.05, 0.1) is 32.2 Å². The molecule has 2 aliphatic rings. The molecule has 2 heterocycles. The molecule has 1 N–H and O–H groups in total. The SMILES string of the molecule is O=C(Cc1ccccc1)OC[C@@H]1CCC[NH+]2CCCC[C@@H]12. The third kappa shape index (κ3) is 3.85. The topological polar surface area (TPSA) is 30.7 Å². The molecule has 114 valence electrons. The Morgan fingerprint density at radius 3 is 2.76 bits per heavy atom. The Hall–Kier alpha value is -1.35. The summed E-state index contributed by atoms with van der Waals surface area (Å²) in [5.74, 6) is 0.498. The molecule has 0 amide bonds. The van der Waals surface area contributed by atoms with E-state index in [4.69, 9.17) is 4.74 Å². The Labute approximate surface area is 127 Å². The maximum Gasteiger partial charge on any atom is 0.310 e. The van der Waals surface area contributed by atoms with Crippen molar-refractivity contribution >= 4 is 5.97 Å². The van der Waals surface area contributed by atoms with E-state index >= 15 is 0 Å². The molecule has 3 heteroatoms. The highest BCUT2D eigenvalue weighted by atomic mass is 16.5. The zero-order valence-corrected chi connectivity index (χ0v) is 12.7. The lowest BCUT2D eigenvalue weighted by Gasteiger charge is -2.41. The first-order valence-corrected chi connectivity index (χ1v) is 8.37. The fourth-order valence-electron chi connectivity index (χ4n) is 3.99. The van der Waals surface area contributed by atoms with Crippen LogP contribution in [0.15, 0.2) is 30.3 Å². The highest BCUT2D eigenvalue weighted by molar-refractivity contribution is 5.72. The van der Waals surface area contributed by atoms with Crippen LogP contribution in [0.25, 0.3) is 0 Å². The summed E-state index contributed by atoms with van der Waals surface area (Å²) in [6, 6.07) is 10.6. The Morgan fingerprint density at radius 1 is 1.10 bits per heavy atom. The molecule has 3 rings (SSSR count). The van der Waals surface area contributed by atoms with Crippen LogP contribution >= 0.6 is 0 Å². The van der Waals surface area contributed by atoms with E-state index in [0.29, 0.717) is 18.9 Å². The van der Waals surface area contributed by atoms with Crippen LogP contribution in [0.5, 0.6) is 0 Å². The van der Waals surface area contributed by atoms with Crippen LogP contribution in [-0.2, 0) is 16.0 Å². The minimum absolute atomic E-state index is 0.0795. The van der Waals surface area contributed by atoms with Crippen molar-refractivity contribution in [2.45, 2.75) is 44.6 Å². The van der Waals surface area contributed by atoms with E-state index in [-0.39, 0.29) is 5.97 Å². The van der Waals surface area contributed by atoms with Gasteiger partial charge in [-0.1, -0.05) is 30.3 Å². The van der Waals surface area contributed by atoms with Crippen LogP contribution in [0, 0.1) is 5.92 Å². The molecule has 0 aliphatic carbocycles. The van der Waals surface area contributed by atoms with Gasteiger partial charge in [0, 0.05) is 5.92 Å². The largest absolute Gasteiger partial charge is 0.465 e. The molecule has 3 atom stereocenters. The van der Waals surface area contributed by atoms with Gasteiger partial charge in [-0.2, -0.15) is 0 Å².